The number of aliphatic hydroxyl groups is 1. The van der Waals surface area contributed by atoms with Gasteiger partial charge in [0.2, 0.25) is 0 Å². The van der Waals surface area contributed by atoms with Crippen molar-refractivity contribution in [2.45, 2.75) is 19.4 Å². The van der Waals surface area contributed by atoms with E-state index in [2.05, 4.69) is 11.1 Å². The van der Waals surface area contributed by atoms with Crippen LogP contribution in [0.15, 0.2) is 18.5 Å². The van der Waals surface area contributed by atoms with E-state index in [0.29, 0.717) is 18.5 Å². The minimum Gasteiger partial charge on any atom is -0.393 e. The third kappa shape index (κ3) is 3.22. The Morgan fingerprint density at radius 1 is 1.67 bits per heavy atom. The second kappa shape index (κ2) is 5.32. The summed E-state index contributed by atoms with van der Waals surface area (Å²) in [5.41, 5.74) is 1.42. The lowest BCUT2D eigenvalue weighted by molar-refractivity contribution is 0.187. The maximum absolute atomic E-state index is 9.17. The number of nitrogens with zero attached hydrogens (tertiary/aromatic N) is 3. The van der Waals surface area contributed by atoms with Crippen molar-refractivity contribution in [3.63, 3.8) is 0 Å². The predicted molar refractivity (Wildman–Crippen MR) is 58.5 cm³/mol. The Kier molecular flexibility index (Phi) is 4.07. The van der Waals surface area contributed by atoms with Gasteiger partial charge in [0.05, 0.1) is 23.6 Å². The van der Waals surface area contributed by atoms with Crippen LogP contribution in [0.5, 0.6) is 0 Å². The molecule has 80 valence electrons. The molecule has 1 unspecified atom stereocenters. The van der Waals surface area contributed by atoms with Crippen LogP contribution in [0.4, 0.5) is 5.69 Å². The van der Waals surface area contributed by atoms with Crippen LogP contribution in [-0.2, 0) is 0 Å². The largest absolute Gasteiger partial charge is 0.393 e. The number of hydrogen-bond acceptors (Lipinski definition) is 4. The topological polar surface area (TPSA) is 60.1 Å². The molecule has 0 aliphatic carbocycles. The van der Waals surface area contributed by atoms with Crippen molar-refractivity contribution in [1.82, 2.24) is 4.98 Å². The van der Waals surface area contributed by atoms with Crippen molar-refractivity contribution >= 4 is 5.69 Å². The van der Waals surface area contributed by atoms with Crippen LogP contribution < -0.4 is 4.90 Å². The molecule has 0 spiro atoms. The molecule has 1 heterocycles. The number of rotatable bonds is 4. The molecule has 4 heteroatoms. The molecule has 0 aliphatic rings. The molecule has 1 aromatic heterocycles. The molecule has 0 fully saturated rings. The van der Waals surface area contributed by atoms with Gasteiger partial charge in [0.1, 0.15) is 6.07 Å². The lowest BCUT2D eigenvalue weighted by Crippen LogP contribution is -2.22. The van der Waals surface area contributed by atoms with E-state index in [1.165, 1.54) is 0 Å². The van der Waals surface area contributed by atoms with Gasteiger partial charge in [-0.2, -0.15) is 5.26 Å². The maximum atomic E-state index is 9.17. The van der Waals surface area contributed by atoms with E-state index in [-0.39, 0.29) is 6.10 Å². The molecule has 1 rings (SSSR count). The van der Waals surface area contributed by atoms with Crippen molar-refractivity contribution in [2.75, 3.05) is 18.5 Å². The molecule has 0 radical (unpaired) electrons. The molecule has 0 saturated carbocycles. The van der Waals surface area contributed by atoms with Gasteiger partial charge in [-0.1, -0.05) is 0 Å². The summed E-state index contributed by atoms with van der Waals surface area (Å²) < 4.78 is 0. The normalized spacial score (nSPS) is 11.9. The first kappa shape index (κ1) is 11.5. The Balaban J connectivity index is 2.73. The molecular formula is C11H15N3O. The van der Waals surface area contributed by atoms with Crippen LogP contribution in [0.2, 0.25) is 0 Å². The summed E-state index contributed by atoms with van der Waals surface area (Å²) in [5, 5.41) is 18.1. The summed E-state index contributed by atoms with van der Waals surface area (Å²) in [5.74, 6) is 0. The standard InChI is InChI=1S/C11H15N3O/c1-9(15)4-6-14(2)11-8-13-5-3-10(11)7-12/h3,5,8-9,15H,4,6H2,1-2H3. The summed E-state index contributed by atoms with van der Waals surface area (Å²) in [6, 6.07) is 3.81. The third-order valence-electron chi connectivity index (χ3n) is 2.21. The van der Waals surface area contributed by atoms with E-state index in [1.807, 2.05) is 11.9 Å². The zero-order valence-corrected chi connectivity index (χ0v) is 9.01. The van der Waals surface area contributed by atoms with Crippen LogP contribution in [0.25, 0.3) is 0 Å². The number of nitriles is 1. The van der Waals surface area contributed by atoms with Gasteiger partial charge >= 0.3 is 0 Å². The van der Waals surface area contributed by atoms with Gasteiger partial charge < -0.3 is 10.0 Å². The van der Waals surface area contributed by atoms with E-state index >= 15 is 0 Å². The number of anilines is 1. The highest BCUT2D eigenvalue weighted by atomic mass is 16.3. The zero-order valence-electron chi connectivity index (χ0n) is 9.01. The molecule has 0 aromatic carbocycles. The fourth-order valence-corrected chi connectivity index (χ4v) is 1.29. The summed E-state index contributed by atoms with van der Waals surface area (Å²) in [6.45, 7) is 2.46. The van der Waals surface area contributed by atoms with Crippen molar-refractivity contribution in [2.24, 2.45) is 0 Å². The lowest BCUT2D eigenvalue weighted by Gasteiger charge is -2.20. The van der Waals surface area contributed by atoms with E-state index in [9.17, 15) is 0 Å². The Morgan fingerprint density at radius 3 is 3.00 bits per heavy atom. The lowest BCUT2D eigenvalue weighted by atomic mass is 10.2. The van der Waals surface area contributed by atoms with Crippen molar-refractivity contribution in [3.8, 4) is 6.07 Å². The fourth-order valence-electron chi connectivity index (χ4n) is 1.29. The van der Waals surface area contributed by atoms with Gasteiger partial charge in [0, 0.05) is 19.8 Å². The average Bonchev–Trinajstić information content (AvgIpc) is 2.25. The molecule has 4 nitrogen and oxygen atoms in total. The van der Waals surface area contributed by atoms with Crippen molar-refractivity contribution in [1.29, 1.82) is 5.26 Å². The van der Waals surface area contributed by atoms with Crippen LogP contribution in [0.1, 0.15) is 18.9 Å². The first-order valence-electron chi connectivity index (χ1n) is 4.88. The van der Waals surface area contributed by atoms with Crippen molar-refractivity contribution in [3.05, 3.63) is 24.0 Å². The van der Waals surface area contributed by atoms with E-state index in [1.54, 1.807) is 25.4 Å². The first-order valence-corrected chi connectivity index (χ1v) is 4.88. The van der Waals surface area contributed by atoms with Crippen LogP contribution in [-0.4, -0.2) is 29.8 Å². The van der Waals surface area contributed by atoms with E-state index < -0.39 is 0 Å². The minimum absolute atomic E-state index is 0.324. The summed E-state index contributed by atoms with van der Waals surface area (Å²) in [7, 11) is 1.89. The number of hydrogen-bond donors (Lipinski definition) is 1. The summed E-state index contributed by atoms with van der Waals surface area (Å²) in [6.07, 6.45) is 3.62. The maximum Gasteiger partial charge on any atom is 0.101 e. The van der Waals surface area contributed by atoms with Crippen LogP contribution >= 0.6 is 0 Å². The predicted octanol–water partition coefficient (Wildman–Crippen LogP) is 1.16. The van der Waals surface area contributed by atoms with Gasteiger partial charge in [-0.05, 0) is 19.4 Å². The molecule has 0 amide bonds. The minimum atomic E-state index is -0.324. The van der Waals surface area contributed by atoms with Crippen LogP contribution in [0.3, 0.4) is 0 Å². The Morgan fingerprint density at radius 2 is 2.40 bits per heavy atom. The highest BCUT2D eigenvalue weighted by Gasteiger charge is 2.07. The Labute approximate surface area is 89.8 Å². The third-order valence-corrected chi connectivity index (χ3v) is 2.21. The Hall–Kier alpha value is -1.60. The summed E-state index contributed by atoms with van der Waals surface area (Å²) in [4.78, 5) is 5.92. The molecule has 0 aliphatic heterocycles. The first-order chi connectivity index (χ1) is 7.15. The molecule has 1 aromatic rings. The molecule has 0 saturated heterocycles. The highest BCUT2D eigenvalue weighted by Crippen LogP contribution is 2.16. The van der Waals surface area contributed by atoms with Gasteiger partial charge in [-0.25, -0.2) is 0 Å². The van der Waals surface area contributed by atoms with Gasteiger partial charge in [-0.15, -0.1) is 0 Å². The SMILES string of the molecule is CC(O)CCN(C)c1cnccc1C#N. The smallest absolute Gasteiger partial charge is 0.101 e. The van der Waals surface area contributed by atoms with Crippen molar-refractivity contribution < 1.29 is 5.11 Å². The number of aliphatic hydroxyl groups excluding tert-OH is 1. The van der Waals surface area contributed by atoms with Gasteiger partial charge in [-0.3, -0.25) is 4.98 Å². The highest BCUT2D eigenvalue weighted by molar-refractivity contribution is 5.56. The van der Waals surface area contributed by atoms with E-state index in [0.717, 1.165) is 5.69 Å². The zero-order chi connectivity index (χ0) is 11.3. The van der Waals surface area contributed by atoms with Gasteiger partial charge in [0.15, 0.2) is 0 Å². The molecule has 0 bridgehead atoms. The summed E-state index contributed by atoms with van der Waals surface area (Å²) >= 11 is 0. The Bertz CT molecular complexity index is 357. The van der Waals surface area contributed by atoms with Crippen LogP contribution in [0, 0.1) is 11.3 Å². The monoisotopic (exact) mass is 205 g/mol. The molecular weight excluding hydrogens is 190 g/mol. The van der Waals surface area contributed by atoms with Gasteiger partial charge in [0.25, 0.3) is 0 Å². The average molecular weight is 205 g/mol. The number of aromatic nitrogens is 1. The van der Waals surface area contributed by atoms with E-state index in [4.69, 9.17) is 10.4 Å². The quantitative estimate of drug-likeness (QED) is 0.801. The molecule has 1 atom stereocenters. The number of pyridine rings is 1. The molecule has 15 heavy (non-hydrogen) atoms. The second-order valence-corrected chi connectivity index (χ2v) is 3.56. The fraction of sp³-hybridized carbons (Fsp3) is 0.455. The molecule has 1 N–H and O–H groups in total. The second-order valence-electron chi connectivity index (χ2n) is 3.56.